The van der Waals surface area contributed by atoms with Gasteiger partial charge in [-0.3, -0.25) is 29.8 Å². The van der Waals surface area contributed by atoms with Crippen molar-refractivity contribution in [3.05, 3.63) is 145 Å². The van der Waals surface area contributed by atoms with Gasteiger partial charge in [-0.25, -0.2) is 10.2 Å². The number of rotatable bonds is 10. The minimum atomic E-state index is -0.953. The van der Waals surface area contributed by atoms with Crippen LogP contribution in [0.25, 0.3) is 6.08 Å². The van der Waals surface area contributed by atoms with E-state index >= 15 is 0 Å². The van der Waals surface area contributed by atoms with E-state index in [0.717, 1.165) is 23.9 Å². The van der Waals surface area contributed by atoms with Gasteiger partial charge in [0.1, 0.15) is 0 Å². The normalized spacial score (nSPS) is 10.8. The van der Waals surface area contributed by atoms with E-state index in [-0.39, 0.29) is 22.7 Å². The lowest BCUT2D eigenvalue weighted by Gasteiger charge is -2.07. The summed E-state index contributed by atoms with van der Waals surface area (Å²) in [5.74, 6) is -2.26. The van der Waals surface area contributed by atoms with Gasteiger partial charge in [0.05, 0.1) is 16.1 Å². The molecular weight excluding hydrogens is 570 g/mol. The van der Waals surface area contributed by atoms with Crippen molar-refractivity contribution in [2.75, 3.05) is 5.32 Å². The second kappa shape index (κ2) is 13.9. The molecule has 4 aromatic rings. The smallest absolute Gasteiger partial charge is 0.336 e. The first kappa shape index (κ1) is 30.5. The van der Waals surface area contributed by atoms with E-state index < -0.39 is 33.2 Å². The highest BCUT2D eigenvalue weighted by molar-refractivity contribution is 6.04. The third-order valence-corrected chi connectivity index (χ3v) is 6.03. The molecule has 13 nitrogen and oxygen atoms in total. The number of nitrogens with one attached hydrogen (secondary N) is 2. The number of esters is 1. The molecule has 0 heterocycles. The number of anilines is 1. The molecule has 220 valence electrons. The van der Waals surface area contributed by atoms with E-state index in [1.807, 2.05) is 19.1 Å². The Morgan fingerprint density at radius 1 is 0.795 bits per heavy atom. The van der Waals surface area contributed by atoms with Gasteiger partial charge in [0, 0.05) is 46.7 Å². The minimum absolute atomic E-state index is 0.0331. The molecule has 0 atom stereocenters. The van der Waals surface area contributed by atoms with Gasteiger partial charge in [-0.05, 0) is 73.2 Å². The second-order valence-corrected chi connectivity index (χ2v) is 9.15. The number of hydrogen-bond acceptors (Lipinski definition) is 9. The molecule has 0 saturated heterocycles. The lowest BCUT2D eigenvalue weighted by molar-refractivity contribution is -0.385. The van der Waals surface area contributed by atoms with Gasteiger partial charge in [0.15, 0.2) is 0 Å². The van der Waals surface area contributed by atoms with Gasteiger partial charge < -0.3 is 10.1 Å². The van der Waals surface area contributed by atoms with Crippen LogP contribution in [0.2, 0.25) is 0 Å². The van der Waals surface area contributed by atoms with Crippen LogP contribution in [-0.4, -0.2) is 33.8 Å². The molecule has 0 fully saturated rings. The van der Waals surface area contributed by atoms with Crippen molar-refractivity contribution in [1.29, 1.82) is 0 Å². The molecule has 2 amide bonds. The van der Waals surface area contributed by atoms with E-state index in [1.54, 1.807) is 24.3 Å². The summed E-state index contributed by atoms with van der Waals surface area (Å²) in [5.41, 5.74) is 4.35. The Morgan fingerprint density at radius 3 is 2.07 bits per heavy atom. The second-order valence-electron chi connectivity index (χ2n) is 9.15. The molecule has 0 aliphatic rings. The zero-order valence-electron chi connectivity index (χ0n) is 23.0. The van der Waals surface area contributed by atoms with Crippen LogP contribution >= 0.6 is 0 Å². The predicted molar refractivity (Wildman–Crippen MR) is 161 cm³/mol. The lowest BCUT2D eigenvalue weighted by Crippen LogP contribution is -2.18. The number of para-hydroxylation sites is 1. The van der Waals surface area contributed by atoms with Gasteiger partial charge in [-0.2, -0.15) is 5.10 Å². The first-order valence-corrected chi connectivity index (χ1v) is 12.8. The van der Waals surface area contributed by atoms with Gasteiger partial charge in [0.25, 0.3) is 17.5 Å². The number of carbonyl (C=O) groups excluding carboxylic acids is 3. The van der Waals surface area contributed by atoms with E-state index in [9.17, 15) is 34.6 Å². The summed E-state index contributed by atoms with van der Waals surface area (Å²) in [6, 6.07) is 22.4. The Balaban J connectivity index is 1.41. The summed E-state index contributed by atoms with van der Waals surface area (Å²) in [5, 5.41) is 28.9. The summed E-state index contributed by atoms with van der Waals surface area (Å²) in [6.07, 6.45) is 3.42. The third-order valence-electron chi connectivity index (χ3n) is 6.03. The number of nitro groups is 2. The molecule has 4 rings (SSSR count). The summed E-state index contributed by atoms with van der Waals surface area (Å²) in [7, 11) is 0. The molecule has 0 aliphatic carbocycles. The molecule has 0 aromatic heterocycles. The standard InChI is InChI=1S/C31H23N5O8/c1-20-5-10-22(11-6-20)30(38)33-25-14-12-23(13-15-25)31(39)34-32-19-24-3-2-4-27(36(42)43)29(24)44-28(37)18-9-21-7-16-26(17-8-21)35(40)41/h2-19H,1H3,(H,33,38)(H,34,39)/b18-9+,32-19+. The summed E-state index contributed by atoms with van der Waals surface area (Å²) in [6.45, 7) is 1.92. The number of ether oxygens (including phenoxy) is 1. The zero-order valence-corrected chi connectivity index (χ0v) is 23.0. The van der Waals surface area contributed by atoms with E-state index in [2.05, 4.69) is 15.8 Å². The molecule has 0 saturated carbocycles. The van der Waals surface area contributed by atoms with Crippen LogP contribution in [0.15, 0.2) is 102 Å². The first-order chi connectivity index (χ1) is 21.1. The fourth-order valence-corrected chi connectivity index (χ4v) is 3.74. The van der Waals surface area contributed by atoms with Crippen LogP contribution in [0.3, 0.4) is 0 Å². The predicted octanol–water partition coefficient (Wildman–Crippen LogP) is 5.45. The molecule has 4 aromatic carbocycles. The van der Waals surface area contributed by atoms with Gasteiger partial charge in [-0.15, -0.1) is 0 Å². The van der Waals surface area contributed by atoms with Crippen LogP contribution in [0, 0.1) is 27.2 Å². The van der Waals surface area contributed by atoms with E-state index in [1.165, 1.54) is 54.6 Å². The molecule has 0 radical (unpaired) electrons. The Labute approximate surface area is 249 Å². The number of carbonyl (C=O) groups is 3. The molecule has 44 heavy (non-hydrogen) atoms. The highest BCUT2D eigenvalue weighted by Crippen LogP contribution is 2.30. The molecule has 0 aliphatic heterocycles. The molecule has 13 heteroatoms. The highest BCUT2D eigenvalue weighted by Gasteiger charge is 2.21. The average molecular weight is 594 g/mol. The van der Waals surface area contributed by atoms with Crippen LogP contribution in [0.1, 0.15) is 37.4 Å². The number of non-ortho nitro benzene ring substituents is 1. The number of hydrogen-bond donors (Lipinski definition) is 2. The van der Waals surface area contributed by atoms with Crippen molar-refractivity contribution in [2.24, 2.45) is 5.10 Å². The molecule has 0 unspecified atom stereocenters. The van der Waals surface area contributed by atoms with Gasteiger partial charge in [0.2, 0.25) is 5.75 Å². The first-order valence-electron chi connectivity index (χ1n) is 12.8. The van der Waals surface area contributed by atoms with Crippen molar-refractivity contribution in [1.82, 2.24) is 5.43 Å². The zero-order chi connectivity index (χ0) is 31.6. The van der Waals surface area contributed by atoms with E-state index in [4.69, 9.17) is 4.74 Å². The number of benzene rings is 4. The van der Waals surface area contributed by atoms with Gasteiger partial charge in [-0.1, -0.05) is 23.8 Å². The van der Waals surface area contributed by atoms with E-state index in [0.29, 0.717) is 16.8 Å². The lowest BCUT2D eigenvalue weighted by atomic mass is 10.1. The average Bonchev–Trinajstić information content (AvgIpc) is 3.01. The highest BCUT2D eigenvalue weighted by atomic mass is 16.6. The maximum Gasteiger partial charge on any atom is 0.336 e. The molecule has 0 bridgehead atoms. The Bertz CT molecular complexity index is 1780. The Kier molecular flexibility index (Phi) is 9.63. The van der Waals surface area contributed by atoms with Crippen LogP contribution < -0.4 is 15.5 Å². The fourth-order valence-electron chi connectivity index (χ4n) is 3.74. The topological polar surface area (TPSA) is 183 Å². The van der Waals surface area contributed by atoms with Crippen molar-refractivity contribution in [3.63, 3.8) is 0 Å². The Hall–Kier alpha value is -6.50. The fraction of sp³-hybridized carbons (Fsp3) is 0.0323. The van der Waals surface area contributed by atoms with Gasteiger partial charge >= 0.3 is 11.7 Å². The third kappa shape index (κ3) is 8.04. The molecular formula is C31H23N5O8. The molecule has 2 N–H and O–H groups in total. The number of amides is 2. The summed E-state index contributed by atoms with van der Waals surface area (Å²) < 4.78 is 5.23. The largest absolute Gasteiger partial charge is 0.415 e. The number of nitro benzene ring substituents is 2. The Morgan fingerprint density at radius 2 is 1.43 bits per heavy atom. The van der Waals surface area contributed by atoms with Crippen molar-refractivity contribution >= 4 is 47.1 Å². The van der Waals surface area contributed by atoms with Crippen molar-refractivity contribution in [3.8, 4) is 5.75 Å². The number of hydrazone groups is 1. The van der Waals surface area contributed by atoms with Crippen molar-refractivity contribution < 1.29 is 29.0 Å². The quantitative estimate of drug-likeness (QED) is 0.0607. The number of nitrogens with zero attached hydrogens (tertiary/aromatic N) is 3. The maximum absolute atomic E-state index is 12.6. The van der Waals surface area contributed by atoms with Crippen LogP contribution in [0.4, 0.5) is 17.1 Å². The summed E-state index contributed by atoms with van der Waals surface area (Å²) in [4.78, 5) is 58.5. The van der Waals surface area contributed by atoms with Crippen molar-refractivity contribution in [2.45, 2.75) is 6.92 Å². The number of aryl methyl sites for hydroxylation is 1. The maximum atomic E-state index is 12.6. The molecule has 0 spiro atoms. The van der Waals surface area contributed by atoms with Crippen LogP contribution in [0.5, 0.6) is 5.75 Å². The SMILES string of the molecule is Cc1ccc(C(=O)Nc2ccc(C(=O)N/N=C/c3cccc([N+](=O)[O-])c3OC(=O)/C=C/c3ccc([N+](=O)[O-])cc3)cc2)cc1. The minimum Gasteiger partial charge on any atom is -0.415 e. The monoisotopic (exact) mass is 593 g/mol. The summed E-state index contributed by atoms with van der Waals surface area (Å²) >= 11 is 0. The van der Waals surface area contributed by atoms with Crippen LogP contribution in [-0.2, 0) is 4.79 Å².